The quantitative estimate of drug-likeness (QED) is 0.623. The third kappa shape index (κ3) is 3.87. The van der Waals surface area contributed by atoms with E-state index in [1.165, 1.54) is 0 Å². The van der Waals surface area contributed by atoms with Crippen LogP contribution in [-0.4, -0.2) is 64.9 Å². The number of rotatable bonds is 3. The maximum absolute atomic E-state index is 12.3. The fraction of sp³-hybridized carbons (Fsp3) is 0.250. The Labute approximate surface area is 177 Å². The van der Waals surface area contributed by atoms with Gasteiger partial charge in [0.1, 0.15) is 5.70 Å². The number of anilines is 2. The van der Waals surface area contributed by atoms with E-state index >= 15 is 0 Å². The summed E-state index contributed by atoms with van der Waals surface area (Å²) in [5, 5.41) is 5.81. The largest absolute Gasteiger partial charge is 0.338 e. The van der Waals surface area contributed by atoms with Gasteiger partial charge < -0.3 is 15.1 Å². The van der Waals surface area contributed by atoms with Gasteiger partial charge >= 0.3 is 0 Å². The Bertz CT molecular complexity index is 1150. The number of aromatic nitrogens is 3. The van der Waals surface area contributed by atoms with Crippen molar-refractivity contribution in [2.24, 2.45) is 4.99 Å². The molecule has 30 heavy (non-hydrogen) atoms. The molecule has 9 nitrogen and oxygen atoms in total. The highest BCUT2D eigenvalue weighted by Gasteiger charge is 2.21. The topological polar surface area (TPSA) is 98.6 Å². The van der Waals surface area contributed by atoms with Crippen LogP contribution in [0.3, 0.4) is 0 Å². The summed E-state index contributed by atoms with van der Waals surface area (Å²) in [5.74, 6) is 0.822. The van der Waals surface area contributed by atoms with Crippen molar-refractivity contribution in [3.63, 3.8) is 0 Å². The van der Waals surface area contributed by atoms with E-state index in [2.05, 4.69) is 47.4 Å². The Morgan fingerprint density at radius 3 is 2.73 bits per heavy atom. The molecular formula is C20H20N8OS. The van der Waals surface area contributed by atoms with Gasteiger partial charge in [0.2, 0.25) is 11.9 Å². The minimum absolute atomic E-state index is 0.253. The Kier molecular flexibility index (Phi) is 4.85. The van der Waals surface area contributed by atoms with Gasteiger partial charge in [-0.3, -0.25) is 10.1 Å². The maximum Gasteiger partial charge on any atom is 0.276 e. The number of guanidine groups is 1. The smallest absolute Gasteiger partial charge is 0.276 e. The zero-order valence-corrected chi connectivity index (χ0v) is 17.2. The Morgan fingerprint density at radius 1 is 1.13 bits per heavy atom. The van der Waals surface area contributed by atoms with Crippen LogP contribution in [-0.2, 0) is 4.79 Å². The highest BCUT2D eigenvalue weighted by Crippen LogP contribution is 2.21. The lowest BCUT2D eigenvalue weighted by Gasteiger charge is -2.32. The van der Waals surface area contributed by atoms with Crippen LogP contribution in [0.5, 0.6) is 0 Å². The Hall–Kier alpha value is -3.37. The van der Waals surface area contributed by atoms with Crippen LogP contribution in [0.4, 0.5) is 11.6 Å². The lowest BCUT2D eigenvalue weighted by molar-refractivity contribution is -0.115. The first-order chi connectivity index (χ1) is 14.6. The molecule has 2 aromatic heterocycles. The van der Waals surface area contributed by atoms with Gasteiger partial charge in [0.25, 0.3) is 5.91 Å². The van der Waals surface area contributed by atoms with E-state index in [9.17, 15) is 4.79 Å². The molecule has 3 aromatic rings. The number of hydrogen-bond acceptors (Lipinski definition) is 9. The zero-order chi connectivity index (χ0) is 20.5. The first-order valence-electron chi connectivity index (χ1n) is 9.62. The van der Waals surface area contributed by atoms with Crippen LogP contribution in [0.2, 0.25) is 0 Å². The molecule has 1 saturated heterocycles. The van der Waals surface area contributed by atoms with Gasteiger partial charge in [0, 0.05) is 26.2 Å². The minimum Gasteiger partial charge on any atom is -0.338 e. The van der Waals surface area contributed by atoms with Crippen LogP contribution >= 0.6 is 11.3 Å². The van der Waals surface area contributed by atoms with Crippen LogP contribution in [0.15, 0.2) is 46.8 Å². The van der Waals surface area contributed by atoms with Crippen molar-refractivity contribution in [3.8, 4) is 0 Å². The van der Waals surface area contributed by atoms with Crippen LogP contribution in [0.1, 0.15) is 5.56 Å². The predicted molar refractivity (Wildman–Crippen MR) is 119 cm³/mol. The summed E-state index contributed by atoms with van der Waals surface area (Å²) in [7, 11) is 2.11. The number of nitrogens with one attached hydrogen (secondary N) is 2. The number of aliphatic imine (C=N–C) groups is 1. The van der Waals surface area contributed by atoms with Crippen molar-refractivity contribution >= 4 is 51.1 Å². The zero-order valence-electron chi connectivity index (χ0n) is 16.4. The maximum atomic E-state index is 12.3. The molecule has 0 spiro atoms. The fourth-order valence-corrected chi connectivity index (χ4v) is 4.06. The summed E-state index contributed by atoms with van der Waals surface area (Å²) in [6.45, 7) is 3.82. The monoisotopic (exact) mass is 420 g/mol. The van der Waals surface area contributed by atoms with Gasteiger partial charge in [-0.25, -0.2) is 19.9 Å². The van der Waals surface area contributed by atoms with E-state index in [-0.39, 0.29) is 5.91 Å². The number of carbonyl (C=O) groups is 1. The van der Waals surface area contributed by atoms with E-state index in [0.717, 1.165) is 42.0 Å². The number of carbonyl (C=O) groups excluding carboxylic acids is 1. The molecule has 0 aliphatic carbocycles. The first-order valence-corrected chi connectivity index (χ1v) is 10.5. The van der Waals surface area contributed by atoms with Crippen LogP contribution in [0, 0.1) is 0 Å². The van der Waals surface area contributed by atoms with Gasteiger partial charge in [0.05, 0.1) is 33.8 Å². The summed E-state index contributed by atoms with van der Waals surface area (Å²) in [5.41, 5.74) is 4.67. The standard InChI is InChI=1S/C20H20N8OS/c1-27-4-6-28(7-5-27)20-21-10-14(11-22-20)24-19-25-16(18(29)26-19)8-13-2-3-15-17(9-13)30-12-23-15/h2-3,8-12H,4-7H2,1H3,(H2,24,25,26,29)/b16-8-. The number of likely N-dealkylation sites (N-methyl/N-ethyl adjacent to an activating group) is 1. The molecule has 0 saturated carbocycles. The second-order valence-corrected chi connectivity index (χ2v) is 8.10. The molecule has 0 unspecified atom stereocenters. The van der Waals surface area contributed by atoms with Crippen molar-refractivity contribution in [3.05, 3.63) is 47.4 Å². The Morgan fingerprint density at radius 2 is 1.93 bits per heavy atom. The van der Waals surface area contributed by atoms with Gasteiger partial charge in [-0.2, -0.15) is 0 Å². The normalized spacial score (nSPS) is 18.7. The van der Waals surface area contributed by atoms with E-state index in [4.69, 9.17) is 0 Å². The summed E-state index contributed by atoms with van der Waals surface area (Å²) < 4.78 is 1.07. The molecule has 1 fully saturated rings. The number of fused-ring (bicyclic) bond motifs is 1. The van der Waals surface area contributed by atoms with Gasteiger partial charge in [-0.1, -0.05) is 6.07 Å². The van der Waals surface area contributed by atoms with Gasteiger partial charge in [-0.05, 0) is 30.8 Å². The molecule has 0 bridgehead atoms. The molecule has 2 N–H and O–H groups in total. The number of nitrogens with zero attached hydrogens (tertiary/aromatic N) is 6. The summed E-state index contributed by atoms with van der Waals surface area (Å²) in [6, 6.07) is 5.86. The predicted octanol–water partition coefficient (Wildman–Crippen LogP) is 1.78. The van der Waals surface area contributed by atoms with E-state index < -0.39 is 0 Å². The fourth-order valence-electron chi connectivity index (χ4n) is 3.34. The molecule has 0 radical (unpaired) electrons. The highest BCUT2D eigenvalue weighted by atomic mass is 32.1. The molecule has 5 rings (SSSR count). The molecule has 4 heterocycles. The second-order valence-electron chi connectivity index (χ2n) is 7.21. The summed E-state index contributed by atoms with van der Waals surface area (Å²) in [4.78, 5) is 34.3. The third-order valence-electron chi connectivity index (χ3n) is 5.04. The average molecular weight is 421 g/mol. The van der Waals surface area contributed by atoms with Crippen LogP contribution < -0.4 is 15.5 Å². The van der Waals surface area contributed by atoms with Crippen molar-refractivity contribution < 1.29 is 4.79 Å². The molecular weight excluding hydrogens is 400 g/mol. The van der Waals surface area contributed by atoms with Crippen molar-refractivity contribution in [2.75, 3.05) is 43.4 Å². The molecule has 152 valence electrons. The lowest BCUT2D eigenvalue weighted by Crippen LogP contribution is -2.45. The van der Waals surface area contributed by atoms with Gasteiger partial charge in [-0.15, -0.1) is 11.3 Å². The van der Waals surface area contributed by atoms with E-state index in [1.807, 2.05) is 18.2 Å². The average Bonchev–Trinajstić information content (AvgIpc) is 3.35. The van der Waals surface area contributed by atoms with Crippen molar-refractivity contribution in [1.29, 1.82) is 0 Å². The number of hydrogen-bond donors (Lipinski definition) is 2. The molecule has 2 aliphatic heterocycles. The second kappa shape index (κ2) is 7.81. The van der Waals surface area contributed by atoms with E-state index in [1.54, 1.807) is 35.3 Å². The van der Waals surface area contributed by atoms with E-state index in [0.29, 0.717) is 23.3 Å². The van der Waals surface area contributed by atoms with Crippen LogP contribution in [0.25, 0.3) is 16.3 Å². The molecule has 1 amide bonds. The molecule has 10 heteroatoms. The Balaban J connectivity index is 1.28. The number of thiazole rings is 1. The first kappa shape index (κ1) is 18.6. The number of benzene rings is 1. The SMILES string of the molecule is CN1CCN(c2ncc(NC3=N/C(=C\c4ccc5ncsc5c4)C(=O)N3)cn2)CC1. The minimum atomic E-state index is -0.253. The number of amides is 1. The lowest BCUT2D eigenvalue weighted by atomic mass is 10.2. The molecule has 0 atom stereocenters. The molecule has 1 aromatic carbocycles. The molecule has 2 aliphatic rings. The number of piperazine rings is 1. The van der Waals surface area contributed by atoms with Gasteiger partial charge in [0.15, 0.2) is 0 Å². The summed E-state index contributed by atoms with van der Waals surface area (Å²) in [6.07, 6.45) is 5.17. The van der Waals surface area contributed by atoms with Crippen molar-refractivity contribution in [1.82, 2.24) is 25.2 Å². The van der Waals surface area contributed by atoms with Crippen molar-refractivity contribution in [2.45, 2.75) is 0 Å². The third-order valence-corrected chi connectivity index (χ3v) is 5.83. The summed E-state index contributed by atoms with van der Waals surface area (Å²) >= 11 is 1.57. The highest BCUT2D eigenvalue weighted by molar-refractivity contribution is 7.16.